The van der Waals surface area contributed by atoms with Gasteiger partial charge in [-0.3, -0.25) is 4.79 Å². The van der Waals surface area contributed by atoms with Crippen LogP contribution in [0.5, 0.6) is 5.75 Å². The first-order chi connectivity index (χ1) is 8.99. The molecule has 2 rings (SSSR count). The second-order valence-corrected chi connectivity index (χ2v) is 4.32. The first kappa shape index (κ1) is 13.1. The van der Waals surface area contributed by atoms with Crippen LogP contribution in [0.25, 0.3) is 0 Å². The Balaban J connectivity index is 2.19. The summed E-state index contributed by atoms with van der Waals surface area (Å²) in [6.45, 7) is 2.13. The zero-order valence-corrected chi connectivity index (χ0v) is 10.7. The van der Waals surface area contributed by atoms with E-state index in [2.05, 4.69) is 0 Å². The Morgan fingerprint density at radius 2 is 2.16 bits per heavy atom. The van der Waals surface area contributed by atoms with Crippen LogP contribution in [0.3, 0.4) is 0 Å². The molecule has 1 N–H and O–H groups in total. The highest BCUT2D eigenvalue weighted by atomic mass is 19.1. The van der Waals surface area contributed by atoms with Crippen LogP contribution >= 0.6 is 0 Å². The van der Waals surface area contributed by atoms with Crippen LogP contribution in [-0.2, 0) is 6.54 Å². The lowest BCUT2D eigenvalue weighted by Gasteiger charge is -2.17. The molecule has 0 spiro atoms. The van der Waals surface area contributed by atoms with Crippen molar-refractivity contribution in [3.8, 4) is 5.75 Å². The Kier molecular flexibility index (Phi) is 3.55. The van der Waals surface area contributed by atoms with Gasteiger partial charge < -0.3 is 14.4 Å². The zero-order chi connectivity index (χ0) is 14.0. The van der Waals surface area contributed by atoms with Crippen LogP contribution < -0.4 is 0 Å². The van der Waals surface area contributed by atoms with Gasteiger partial charge in [0.1, 0.15) is 17.3 Å². The fourth-order valence-corrected chi connectivity index (χ4v) is 1.79. The molecule has 0 bridgehead atoms. The summed E-state index contributed by atoms with van der Waals surface area (Å²) in [6.07, 6.45) is 1.54. The number of aromatic hydroxyl groups is 1. The Labute approximate surface area is 110 Å². The van der Waals surface area contributed by atoms with Gasteiger partial charge in [-0.15, -0.1) is 0 Å². The van der Waals surface area contributed by atoms with Crippen LogP contribution in [0.15, 0.2) is 34.9 Å². The zero-order valence-electron chi connectivity index (χ0n) is 10.7. The van der Waals surface area contributed by atoms with Gasteiger partial charge in [0.25, 0.3) is 5.91 Å². The van der Waals surface area contributed by atoms with E-state index >= 15 is 0 Å². The van der Waals surface area contributed by atoms with Crippen LogP contribution in [0.4, 0.5) is 4.39 Å². The number of nitrogens with zero attached hydrogens (tertiary/aromatic N) is 1. The molecule has 1 heterocycles. The molecule has 0 radical (unpaired) electrons. The van der Waals surface area contributed by atoms with E-state index in [0.29, 0.717) is 6.54 Å². The molecule has 0 aliphatic rings. The van der Waals surface area contributed by atoms with Crippen molar-refractivity contribution in [1.29, 1.82) is 0 Å². The minimum absolute atomic E-state index is 0.0522. The Bertz CT molecular complexity index is 606. The van der Waals surface area contributed by atoms with Gasteiger partial charge in [-0.25, -0.2) is 4.39 Å². The summed E-state index contributed by atoms with van der Waals surface area (Å²) in [5.41, 5.74) is 0.815. The average molecular weight is 263 g/mol. The molecule has 0 unspecified atom stereocenters. The van der Waals surface area contributed by atoms with Crippen LogP contribution in [-0.4, -0.2) is 23.0 Å². The summed E-state index contributed by atoms with van der Waals surface area (Å²) < 4.78 is 18.3. The molecule has 0 saturated heterocycles. The van der Waals surface area contributed by atoms with Crippen molar-refractivity contribution in [2.75, 3.05) is 7.05 Å². The summed E-state index contributed by atoms with van der Waals surface area (Å²) >= 11 is 0. The number of hydrogen-bond donors (Lipinski definition) is 1. The number of amides is 1. The van der Waals surface area contributed by atoms with E-state index in [1.54, 1.807) is 26.3 Å². The highest BCUT2D eigenvalue weighted by Crippen LogP contribution is 2.20. The van der Waals surface area contributed by atoms with Gasteiger partial charge >= 0.3 is 0 Å². The third-order valence-electron chi connectivity index (χ3n) is 2.91. The molecular weight excluding hydrogens is 249 g/mol. The fourth-order valence-electron chi connectivity index (χ4n) is 1.79. The van der Waals surface area contributed by atoms with Gasteiger partial charge in [-0.2, -0.15) is 0 Å². The van der Waals surface area contributed by atoms with E-state index in [-0.39, 0.29) is 11.3 Å². The summed E-state index contributed by atoms with van der Waals surface area (Å²) in [5.74, 6) is -0.517. The predicted molar refractivity (Wildman–Crippen MR) is 67.3 cm³/mol. The number of phenols is 1. The van der Waals surface area contributed by atoms with Crippen molar-refractivity contribution >= 4 is 5.91 Å². The molecule has 5 heteroatoms. The van der Waals surface area contributed by atoms with Gasteiger partial charge in [-0.05, 0) is 31.2 Å². The van der Waals surface area contributed by atoms with E-state index < -0.39 is 11.7 Å². The second-order valence-electron chi connectivity index (χ2n) is 4.32. The number of hydrogen-bond acceptors (Lipinski definition) is 3. The molecule has 1 aromatic carbocycles. The van der Waals surface area contributed by atoms with E-state index in [1.807, 2.05) is 0 Å². The number of aryl methyl sites for hydroxylation is 1. The number of halogens is 1. The Hall–Kier alpha value is -2.30. The molecular formula is C14H14FNO3. The van der Waals surface area contributed by atoms with Gasteiger partial charge in [0, 0.05) is 19.2 Å². The highest BCUT2D eigenvalue weighted by molar-refractivity contribution is 5.96. The average Bonchev–Trinajstić information content (AvgIpc) is 2.77. The highest BCUT2D eigenvalue weighted by Gasteiger charge is 2.17. The lowest BCUT2D eigenvalue weighted by atomic mass is 10.1. The number of furan rings is 1. The molecule has 0 fully saturated rings. The maximum absolute atomic E-state index is 13.1. The molecule has 1 amide bonds. The minimum atomic E-state index is -0.561. The molecule has 4 nitrogen and oxygen atoms in total. The number of carbonyl (C=O) groups is 1. The SMILES string of the molecule is Cc1occc1CN(C)C(=O)c1cc(F)ccc1O. The van der Waals surface area contributed by atoms with Crippen LogP contribution in [0.2, 0.25) is 0 Å². The number of benzene rings is 1. The van der Waals surface area contributed by atoms with Crippen LogP contribution in [0.1, 0.15) is 21.7 Å². The first-order valence-corrected chi connectivity index (χ1v) is 5.76. The quantitative estimate of drug-likeness (QED) is 0.926. The maximum Gasteiger partial charge on any atom is 0.257 e. The van der Waals surface area contributed by atoms with Gasteiger partial charge in [0.05, 0.1) is 11.8 Å². The molecule has 2 aromatic rings. The standard InChI is InChI=1S/C14H14FNO3/c1-9-10(5-6-19-9)8-16(2)14(18)12-7-11(15)3-4-13(12)17/h3-7,17H,8H2,1-2H3. The second kappa shape index (κ2) is 5.14. The number of rotatable bonds is 3. The summed E-state index contributed by atoms with van der Waals surface area (Å²) in [7, 11) is 1.58. The van der Waals surface area contributed by atoms with E-state index in [4.69, 9.17) is 4.42 Å². The number of carbonyl (C=O) groups excluding carboxylic acids is 1. The Morgan fingerprint density at radius 3 is 2.79 bits per heavy atom. The minimum Gasteiger partial charge on any atom is -0.507 e. The largest absolute Gasteiger partial charge is 0.507 e. The smallest absolute Gasteiger partial charge is 0.257 e. The third kappa shape index (κ3) is 2.76. The molecule has 0 aliphatic carbocycles. The van der Waals surface area contributed by atoms with Crippen molar-refractivity contribution in [2.24, 2.45) is 0 Å². The molecule has 19 heavy (non-hydrogen) atoms. The molecule has 0 aliphatic heterocycles. The summed E-state index contributed by atoms with van der Waals surface area (Å²) in [6, 6.07) is 5.06. The van der Waals surface area contributed by atoms with E-state index in [0.717, 1.165) is 23.5 Å². The lowest BCUT2D eigenvalue weighted by Crippen LogP contribution is -2.26. The summed E-state index contributed by atoms with van der Waals surface area (Å²) in [4.78, 5) is 13.5. The molecule has 0 atom stereocenters. The topological polar surface area (TPSA) is 53.7 Å². The normalized spacial score (nSPS) is 10.5. The molecule has 0 saturated carbocycles. The van der Waals surface area contributed by atoms with Crippen molar-refractivity contribution in [2.45, 2.75) is 13.5 Å². The van der Waals surface area contributed by atoms with E-state index in [9.17, 15) is 14.3 Å². The predicted octanol–water partition coefficient (Wildman–Crippen LogP) is 2.70. The monoisotopic (exact) mass is 263 g/mol. The lowest BCUT2D eigenvalue weighted by molar-refractivity contribution is 0.0781. The first-order valence-electron chi connectivity index (χ1n) is 5.76. The molecule has 100 valence electrons. The third-order valence-corrected chi connectivity index (χ3v) is 2.91. The van der Waals surface area contributed by atoms with Gasteiger partial charge in [0.15, 0.2) is 0 Å². The van der Waals surface area contributed by atoms with Gasteiger partial charge in [0.2, 0.25) is 0 Å². The number of phenolic OH excluding ortho intramolecular Hbond substituents is 1. The van der Waals surface area contributed by atoms with Crippen LogP contribution in [0, 0.1) is 12.7 Å². The van der Waals surface area contributed by atoms with Crippen molar-refractivity contribution in [3.05, 3.63) is 53.2 Å². The van der Waals surface area contributed by atoms with Crippen molar-refractivity contribution in [1.82, 2.24) is 4.90 Å². The summed E-state index contributed by atoms with van der Waals surface area (Å²) in [5, 5.41) is 9.60. The van der Waals surface area contributed by atoms with Gasteiger partial charge in [-0.1, -0.05) is 0 Å². The Morgan fingerprint density at radius 1 is 1.42 bits per heavy atom. The van der Waals surface area contributed by atoms with Crippen molar-refractivity contribution < 1.29 is 18.7 Å². The van der Waals surface area contributed by atoms with Crippen molar-refractivity contribution in [3.63, 3.8) is 0 Å². The molecule has 1 aromatic heterocycles. The van der Waals surface area contributed by atoms with E-state index in [1.165, 1.54) is 11.0 Å². The fraction of sp³-hybridized carbons (Fsp3) is 0.214. The maximum atomic E-state index is 13.1.